The minimum Gasteiger partial charge on any atom is -0.496 e. The first-order chi connectivity index (χ1) is 9.63. The summed E-state index contributed by atoms with van der Waals surface area (Å²) in [7, 11) is 5.93. The van der Waals surface area contributed by atoms with Gasteiger partial charge in [0.05, 0.1) is 13.2 Å². The summed E-state index contributed by atoms with van der Waals surface area (Å²) < 4.78 is 5.48. The van der Waals surface area contributed by atoms with E-state index in [1.807, 2.05) is 18.2 Å². The molecule has 0 spiro atoms. The second-order valence-electron chi connectivity index (χ2n) is 5.28. The second kappa shape index (κ2) is 8.95. The Hall–Kier alpha value is -1.10. The van der Waals surface area contributed by atoms with Gasteiger partial charge in [0.2, 0.25) is 0 Å². The summed E-state index contributed by atoms with van der Waals surface area (Å²) in [5, 5.41) is 0. The van der Waals surface area contributed by atoms with E-state index in [1.54, 1.807) is 7.11 Å². The molecule has 0 fully saturated rings. The molecule has 1 rings (SSSR count). The summed E-state index contributed by atoms with van der Waals surface area (Å²) in [5.74, 6) is 0.925. The molecule has 1 aromatic carbocycles. The largest absolute Gasteiger partial charge is 0.496 e. The van der Waals surface area contributed by atoms with E-state index in [2.05, 4.69) is 36.9 Å². The maximum absolute atomic E-state index is 6.03. The average molecular weight is 279 g/mol. The first-order valence-electron chi connectivity index (χ1n) is 7.35. The highest BCUT2D eigenvalue weighted by Gasteiger charge is 2.20. The molecule has 0 saturated carbocycles. The summed E-state index contributed by atoms with van der Waals surface area (Å²) in [4.78, 5) is 4.65. The summed E-state index contributed by atoms with van der Waals surface area (Å²) in [5.41, 5.74) is 7.21. The van der Waals surface area contributed by atoms with Crippen LogP contribution in [0.3, 0.4) is 0 Å². The Bertz CT molecular complexity index is 382. The van der Waals surface area contributed by atoms with Crippen LogP contribution in [0.15, 0.2) is 24.3 Å². The lowest BCUT2D eigenvalue weighted by Crippen LogP contribution is -2.35. The minimum atomic E-state index is 0.221. The molecular formula is C16H29N3O. The van der Waals surface area contributed by atoms with Gasteiger partial charge in [-0.2, -0.15) is 0 Å². The van der Waals surface area contributed by atoms with Crippen LogP contribution in [0, 0.1) is 0 Å². The molecule has 2 N–H and O–H groups in total. The Labute approximate surface area is 123 Å². The van der Waals surface area contributed by atoms with Crippen LogP contribution >= 0.6 is 0 Å². The van der Waals surface area contributed by atoms with Gasteiger partial charge in [-0.1, -0.05) is 25.1 Å². The van der Waals surface area contributed by atoms with Gasteiger partial charge < -0.3 is 15.4 Å². The van der Waals surface area contributed by atoms with Crippen molar-refractivity contribution in [2.45, 2.75) is 19.4 Å². The molecule has 114 valence electrons. The van der Waals surface area contributed by atoms with Crippen molar-refractivity contribution in [1.29, 1.82) is 0 Å². The fourth-order valence-electron chi connectivity index (χ4n) is 2.54. The molecule has 0 aromatic heterocycles. The molecule has 4 nitrogen and oxygen atoms in total. The molecular weight excluding hydrogens is 250 g/mol. The topological polar surface area (TPSA) is 41.7 Å². The smallest absolute Gasteiger partial charge is 0.123 e. The van der Waals surface area contributed by atoms with Gasteiger partial charge in [0, 0.05) is 18.7 Å². The normalized spacial score (nSPS) is 12.9. The highest BCUT2D eigenvalue weighted by molar-refractivity contribution is 5.36. The number of ether oxygens (including phenoxy) is 1. The maximum atomic E-state index is 6.03. The van der Waals surface area contributed by atoms with Crippen molar-refractivity contribution in [2.24, 2.45) is 5.73 Å². The van der Waals surface area contributed by atoms with Crippen molar-refractivity contribution < 1.29 is 4.74 Å². The summed E-state index contributed by atoms with van der Waals surface area (Å²) in [6.45, 7) is 5.94. The number of benzene rings is 1. The number of methoxy groups -OCH3 is 1. The van der Waals surface area contributed by atoms with Gasteiger partial charge in [0.15, 0.2) is 0 Å². The van der Waals surface area contributed by atoms with Crippen LogP contribution in [0.2, 0.25) is 0 Å². The van der Waals surface area contributed by atoms with Crippen LogP contribution < -0.4 is 10.5 Å². The zero-order valence-corrected chi connectivity index (χ0v) is 13.3. The predicted molar refractivity (Wildman–Crippen MR) is 85.2 cm³/mol. The molecule has 0 radical (unpaired) electrons. The predicted octanol–water partition coefficient (Wildman–Crippen LogP) is 1.97. The number of rotatable bonds is 9. The molecule has 1 atom stereocenters. The minimum absolute atomic E-state index is 0.221. The van der Waals surface area contributed by atoms with Gasteiger partial charge in [0.25, 0.3) is 0 Å². The van der Waals surface area contributed by atoms with Gasteiger partial charge in [0.1, 0.15) is 5.75 Å². The number of para-hydroxylation sites is 1. The summed E-state index contributed by atoms with van der Waals surface area (Å²) >= 11 is 0. The number of nitrogens with two attached hydrogens (primary N) is 1. The van der Waals surface area contributed by atoms with Crippen LogP contribution in [-0.2, 0) is 0 Å². The molecule has 0 aliphatic carbocycles. The maximum Gasteiger partial charge on any atom is 0.123 e. The van der Waals surface area contributed by atoms with Gasteiger partial charge in [-0.3, -0.25) is 4.90 Å². The quantitative estimate of drug-likeness (QED) is 0.750. The van der Waals surface area contributed by atoms with Crippen molar-refractivity contribution >= 4 is 0 Å². The SMILES string of the molecule is CCN(CCCN(C)C)C(CN)c1ccccc1OC. The highest BCUT2D eigenvalue weighted by atomic mass is 16.5. The van der Waals surface area contributed by atoms with Gasteiger partial charge in [-0.15, -0.1) is 0 Å². The molecule has 0 bridgehead atoms. The Kier molecular flexibility index (Phi) is 7.59. The second-order valence-corrected chi connectivity index (χ2v) is 5.28. The van der Waals surface area contributed by atoms with Gasteiger partial charge in [-0.25, -0.2) is 0 Å². The van der Waals surface area contributed by atoms with Crippen LogP contribution in [-0.4, -0.2) is 57.2 Å². The first kappa shape index (κ1) is 17.0. The third kappa shape index (κ3) is 4.78. The molecule has 20 heavy (non-hydrogen) atoms. The van der Waals surface area contributed by atoms with E-state index in [1.165, 1.54) is 5.56 Å². The average Bonchev–Trinajstić information content (AvgIpc) is 2.46. The fourth-order valence-corrected chi connectivity index (χ4v) is 2.54. The third-order valence-electron chi connectivity index (χ3n) is 3.62. The summed E-state index contributed by atoms with van der Waals surface area (Å²) in [6.07, 6.45) is 1.15. The van der Waals surface area contributed by atoms with Crippen LogP contribution in [0.5, 0.6) is 5.75 Å². The van der Waals surface area contributed by atoms with E-state index in [4.69, 9.17) is 10.5 Å². The molecule has 1 aromatic rings. The van der Waals surface area contributed by atoms with E-state index in [-0.39, 0.29) is 6.04 Å². The van der Waals surface area contributed by atoms with Gasteiger partial charge >= 0.3 is 0 Å². The number of hydrogen-bond donors (Lipinski definition) is 1. The van der Waals surface area contributed by atoms with E-state index in [9.17, 15) is 0 Å². The monoisotopic (exact) mass is 279 g/mol. The zero-order chi connectivity index (χ0) is 15.0. The van der Waals surface area contributed by atoms with Gasteiger partial charge in [-0.05, 0) is 39.7 Å². The standard InChI is InChI=1S/C16H29N3O/c1-5-19(12-8-11-18(2)3)15(13-17)14-9-6-7-10-16(14)20-4/h6-7,9-10,15H,5,8,11-13,17H2,1-4H3. The Balaban J connectivity index is 2.80. The zero-order valence-electron chi connectivity index (χ0n) is 13.3. The molecule has 4 heteroatoms. The summed E-state index contributed by atoms with van der Waals surface area (Å²) in [6, 6.07) is 8.39. The van der Waals surface area contributed by atoms with E-state index in [0.29, 0.717) is 6.54 Å². The van der Waals surface area contributed by atoms with Crippen molar-refractivity contribution in [3.05, 3.63) is 29.8 Å². The molecule has 0 aliphatic heterocycles. The highest BCUT2D eigenvalue weighted by Crippen LogP contribution is 2.28. The Morgan fingerprint density at radius 3 is 2.45 bits per heavy atom. The van der Waals surface area contributed by atoms with Crippen molar-refractivity contribution in [1.82, 2.24) is 9.80 Å². The van der Waals surface area contributed by atoms with E-state index >= 15 is 0 Å². The molecule has 0 amide bonds. The fraction of sp³-hybridized carbons (Fsp3) is 0.625. The van der Waals surface area contributed by atoms with Crippen molar-refractivity contribution in [3.8, 4) is 5.75 Å². The lowest BCUT2D eigenvalue weighted by Gasteiger charge is -2.31. The molecule has 0 saturated heterocycles. The van der Waals surface area contributed by atoms with Crippen molar-refractivity contribution in [2.75, 3.05) is 47.4 Å². The number of nitrogens with zero attached hydrogens (tertiary/aromatic N) is 2. The lowest BCUT2D eigenvalue weighted by molar-refractivity contribution is 0.198. The Morgan fingerprint density at radius 2 is 1.90 bits per heavy atom. The van der Waals surface area contributed by atoms with Crippen LogP contribution in [0.1, 0.15) is 24.9 Å². The number of hydrogen-bond acceptors (Lipinski definition) is 4. The van der Waals surface area contributed by atoms with E-state index in [0.717, 1.165) is 31.8 Å². The number of likely N-dealkylation sites (N-methyl/N-ethyl adjacent to an activating group) is 1. The van der Waals surface area contributed by atoms with Crippen molar-refractivity contribution in [3.63, 3.8) is 0 Å². The third-order valence-corrected chi connectivity index (χ3v) is 3.62. The van der Waals surface area contributed by atoms with E-state index < -0.39 is 0 Å². The molecule has 1 unspecified atom stereocenters. The van der Waals surface area contributed by atoms with Crippen LogP contribution in [0.25, 0.3) is 0 Å². The molecule has 0 aliphatic rings. The first-order valence-corrected chi connectivity index (χ1v) is 7.35. The Morgan fingerprint density at radius 1 is 1.20 bits per heavy atom. The molecule has 0 heterocycles. The lowest BCUT2D eigenvalue weighted by atomic mass is 10.0. The van der Waals surface area contributed by atoms with Crippen LogP contribution in [0.4, 0.5) is 0 Å².